The summed E-state index contributed by atoms with van der Waals surface area (Å²) in [6, 6.07) is 4.61. The molecule has 6 nitrogen and oxygen atoms in total. The molecule has 0 aliphatic heterocycles. The number of benzene rings is 1. The van der Waals surface area contributed by atoms with Gasteiger partial charge in [0.15, 0.2) is 0 Å². The molecule has 0 aromatic heterocycles. The summed E-state index contributed by atoms with van der Waals surface area (Å²) in [5.41, 5.74) is 0.427. The van der Waals surface area contributed by atoms with Crippen LogP contribution in [0.5, 0.6) is 5.75 Å². The maximum Gasteiger partial charge on any atom is 0.331 e. The van der Waals surface area contributed by atoms with Gasteiger partial charge in [0.05, 0.1) is 11.1 Å². The smallest absolute Gasteiger partial charge is 0.331 e. The molecule has 0 radical (unpaired) electrons. The molecule has 1 aromatic rings. The van der Waals surface area contributed by atoms with Crippen LogP contribution in [0.3, 0.4) is 0 Å². The lowest BCUT2D eigenvalue weighted by Crippen LogP contribution is -2.19. The number of aromatic hydroxyl groups is 1. The summed E-state index contributed by atoms with van der Waals surface area (Å²) in [6.07, 6.45) is 1.15. The van der Waals surface area contributed by atoms with Crippen molar-refractivity contribution in [2.24, 2.45) is 5.16 Å². The Balaban J connectivity index is 2.37. The Hall–Kier alpha value is -2.37. The number of carbonyl (C=O) groups excluding carboxylic acids is 1. The van der Waals surface area contributed by atoms with Crippen LogP contribution in [0.15, 0.2) is 23.4 Å². The van der Waals surface area contributed by atoms with Gasteiger partial charge in [0.1, 0.15) is 5.75 Å². The van der Waals surface area contributed by atoms with E-state index in [-0.39, 0.29) is 5.75 Å². The Bertz CT molecular complexity index is 602. The summed E-state index contributed by atoms with van der Waals surface area (Å²) >= 11 is 0. The standard InChI is InChI=1S/C14H15NO5/c1-8(15-20-9(2)16)11-7-10(3-4-12(11)17)14(5-6-14)13(18)19/h3-4,7,17H,5-6H2,1-2H3,(H,18,19)/b15-8+. The minimum absolute atomic E-state index is 0.0386. The first-order chi connectivity index (χ1) is 9.36. The quantitative estimate of drug-likeness (QED) is 0.497. The van der Waals surface area contributed by atoms with Gasteiger partial charge in [-0.2, -0.15) is 0 Å². The number of aliphatic carboxylic acids is 1. The molecule has 20 heavy (non-hydrogen) atoms. The van der Waals surface area contributed by atoms with Crippen LogP contribution in [0.4, 0.5) is 0 Å². The highest BCUT2D eigenvalue weighted by Gasteiger charge is 2.51. The molecule has 106 valence electrons. The van der Waals surface area contributed by atoms with E-state index in [1.807, 2.05) is 0 Å². The summed E-state index contributed by atoms with van der Waals surface area (Å²) in [7, 11) is 0. The molecule has 2 rings (SSSR count). The number of hydrogen-bond acceptors (Lipinski definition) is 5. The number of carboxylic acid groups (broad SMARTS) is 1. The Morgan fingerprint density at radius 3 is 2.45 bits per heavy atom. The number of phenols is 1. The van der Waals surface area contributed by atoms with E-state index >= 15 is 0 Å². The summed E-state index contributed by atoms with van der Waals surface area (Å²) in [5, 5.41) is 22.7. The first-order valence-electron chi connectivity index (χ1n) is 6.16. The van der Waals surface area contributed by atoms with Gasteiger partial charge in [-0.3, -0.25) is 4.79 Å². The molecule has 0 spiro atoms. The van der Waals surface area contributed by atoms with Gasteiger partial charge in [-0.15, -0.1) is 0 Å². The molecule has 1 aliphatic rings. The largest absolute Gasteiger partial charge is 0.507 e. The van der Waals surface area contributed by atoms with Crippen LogP contribution in [-0.4, -0.2) is 27.9 Å². The first kappa shape index (κ1) is 14.0. The van der Waals surface area contributed by atoms with Crippen molar-refractivity contribution in [3.63, 3.8) is 0 Å². The fraction of sp³-hybridized carbons (Fsp3) is 0.357. The molecule has 1 aromatic carbocycles. The topological polar surface area (TPSA) is 96.2 Å². The molecule has 0 saturated heterocycles. The molecule has 0 amide bonds. The van der Waals surface area contributed by atoms with E-state index < -0.39 is 17.4 Å². The number of carbonyl (C=O) groups is 2. The highest BCUT2D eigenvalue weighted by Crippen LogP contribution is 2.49. The molecule has 1 saturated carbocycles. The lowest BCUT2D eigenvalue weighted by atomic mass is 9.93. The van der Waals surface area contributed by atoms with Crippen molar-refractivity contribution in [2.45, 2.75) is 32.1 Å². The minimum Gasteiger partial charge on any atom is -0.507 e. The van der Waals surface area contributed by atoms with Gasteiger partial charge in [0.2, 0.25) is 0 Å². The van der Waals surface area contributed by atoms with Crippen molar-refractivity contribution in [1.82, 2.24) is 0 Å². The second-order valence-electron chi connectivity index (χ2n) is 4.88. The van der Waals surface area contributed by atoms with Crippen LogP contribution in [0.1, 0.15) is 37.8 Å². The zero-order valence-electron chi connectivity index (χ0n) is 11.2. The number of nitrogens with zero attached hydrogens (tertiary/aromatic N) is 1. The molecule has 0 unspecified atom stereocenters. The van der Waals surface area contributed by atoms with Crippen molar-refractivity contribution in [2.75, 3.05) is 0 Å². The zero-order chi connectivity index (χ0) is 14.9. The summed E-state index contributed by atoms with van der Waals surface area (Å²) < 4.78 is 0. The third-order valence-electron chi connectivity index (χ3n) is 3.41. The Kier molecular flexibility index (Phi) is 3.48. The highest BCUT2D eigenvalue weighted by atomic mass is 16.7. The van der Waals surface area contributed by atoms with E-state index in [9.17, 15) is 19.8 Å². The van der Waals surface area contributed by atoms with Crippen LogP contribution in [0, 0.1) is 0 Å². The SMILES string of the molecule is CC(=O)O/N=C(\C)c1cc(C2(C(=O)O)CC2)ccc1O. The van der Waals surface area contributed by atoms with Crippen LogP contribution >= 0.6 is 0 Å². The summed E-state index contributed by atoms with van der Waals surface area (Å²) in [5.74, 6) is -1.48. The lowest BCUT2D eigenvalue weighted by Gasteiger charge is -2.12. The average Bonchev–Trinajstić information content (AvgIpc) is 3.18. The Labute approximate surface area is 115 Å². The third-order valence-corrected chi connectivity index (χ3v) is 3.41. The van der Waals surface area contributed by atoms with Crippen LogP contribution in [0.25, 0.3) is 0 Å². The van der Waals surface area contributed by atoms with E-state index in [2.05, 4.69) is 9.99 Å². The second kappa shape index (κ2) is 4.96. The van der Waals surface area contributed by atoms with Crippen molar-refractivity contribution < 1.29 is 24.6 Å². The van der Waals surface area contributed by atoms with Gasteiger partial charge >= 0.3 is 11.9 Å². The van der Waals surface area contributed by atoms with Crippen molar-refractivity contribution in [3.8, 4) is 5.75 Å². The van der Waals surface area contributed by atoms with E-state index in [0.29, 0.717) is 29.7 Å². The van der Waals surface area contributed by atoms with Gasteiger partial charge in [-0.25, -0.2) is 4.79 Å². The molecule has 0 bridgehead atoms. The molecule has 2 N–H and O–H groups in total. The number of phenolic OH excluding ortho intramolecular Hbond substituents is 1. The van der Waals surface area contributed by atoms with Gasteiger partial charge < -0.3 is 15.1 Å². The monoisotopic (exact) mass is 277 g/mol. The van der Waals surface area contributed by atoms with Crippen molar-refractivity contribution in [3.05, 3.63) is 29.3 Å². The van der Waals surface area contributed by atoms with Crippen LogP contribution < -0.4 is 0 Å². The lowest BCUT2D eigenvalue weighted by molar-refractivity contribution is -0.141. The van der Waals surface area contributed by atoms with Gasteiger partial charge in [-0.05, 0) is 37.5 Å². The second-order valence-corrected chi connectivity index (χ2v) is 4.88. The van der Waals surface area contributed by atoms with E-state index in [1.54, 1.807) is 19.1 Å². The molecule has 0 atom stereocenters. The highest BCUT2D eigenvalue weighted by molar-refractivity contribution is 6.01. The van der Waals surface area contributed by atoms with Crippen molar-refractivity contribution in [1.29, 1.82) is 0 Å². The number of oxime groups is 1. The fourth-order valence-corrected chi connectivity index (χ4v) is 2.06. The van der Waals surface area contributed by atoms with Gasteiger partial charge in [0, 0.05) is 12.5 Å². The van der Waals surface area contributed by atoms with Gasteiger partial charge in [-0.1, -0.05) is 11.2 Å². The molecule has 1 fully saturated rings. The summed E-state index contributed by atoms with van der Waals surface area (Å²) in [4.78, 5) is 26.5. The minimum atomic E-state index is -0.872. The average molecular weight is 277 g/mol. The zero-order valence-corrected chi connectivity index (χ0v) is 11.2. The first-order valence-corrected chi connectivity index (χ1v) is 6.16. The van der Waals surface area contributed by atoms with Gasteiger partial charge in [0.25, 0.3) is 0 Å². The number of carboxylic acids is 1. The van der Waals surface area contributed by atoms with E-state index in [1.165, 1.54) is 13.0 Å². The number of rotatable bonds is 4. The summed E-state index contributed by atoms with van der Waals surface area (Å²) in [6.45, 7) is 2.79. The predicted molar refractivity (Wildman–Crippen MR) is 70.6 cm³/mol. The molecule has 6 heteroatoms. The maximum atomic E-state index is 11.3. The molecule has 0 heterocycles. The normalized spacial score (nSPS) is 16.6. The number of hydrogen-bond donors (Lipinski definition) is 2. The molecular weight excluding hydrogens is 262 g/mol. The Morgan fingerprint density at radius 2 is 1.95 bits per heavy atom. The van der Waals surface area contributed by atoms with Crippen molar-refractivity contribution >= 4 is 17.7 Å². The van der Waals surface area contributed by atoms with E-state index in [0.717, 1.165) is 0 Å². The third kappa shape index (κ3) is 2.49. The van der Waals surface area contributed by atoms with Crippen LogP contribution in [-0.2, 0) is 19.8 Å². The fourth-order valence-electron chi connectivity index (χ4n) is 2.06. The Morgan fingerprint density at radius 1 is 1.30 bits per heavy atom. The predicted octanol–water partition coefficient (Wildman–Crippen LogP) is 1.80. The molecule has 1 aliphatic carbocycles. The van der Waals surface area contributed by atoms with E-state index in [4.69, 9.17) is 0 Å². The van der Waals surface area contributed by atoms with Crippen LogP contribution in [0.2, 0.25) is 0 Å². The maximum absolute atomic E-state index is 11.3. The molecular formula is C14H15NO5.